The molecule has 2 aliphatic rings. The second-order valence-corrected chi connectivity index (χ2v) is 8.88. The zero-order valence-electron chi connectivity index (χ0n) is 17.2. The van der Waals surface area contributed by atoms with Crippen LogP contribution in [0.15, 0.2) is 65.7 Å². The van der Waals surface area contributed by atoms with Gasteiger partial charge in [-0.3, -0.25) is 9.88 Å². The molecule has 1 aliphatic heterocycles. The summed E-state index contributed by atoms with van der Waals surface area (Å²) in [6, 6.07) is 14.1. The summed E-state index contributed by atoms with van der Waals surface area (Å²) in [5.41, 5.74) is 3.87. The number of hydrogen-bond donors (Lipinski definition) is 1. The summed E-state index contributed by atoms with van der Waals surface area (Å²) < 4.78 is 7.78. The molecule has 7 nitrogen and oxygen atoms in total. The van der Waals surface area contributed by atoms with Crippen molar-refractivity contribution in [2.24, 2.45) is 11.8 Å². The topological polar surface area (TPSA) is 80.2 Å². The minimum absolute atomic E-state index is 0.0797. The first-order valence-corrected chi connectivity index (χ1v) is 10.9. The van der Waals surface area contributed by atoms with Gasteiger partial charge in [0.15, 0.2) is 5.76 Å². The minimum atomic E-state index is -0.346. The molecule has 6 rings (SSSR count). The summed E-state index contributed by atoms with van der Waals surface area (Å²) >= 11 is 0. The molecule has 0 radical (unpaired) electrons. The monoisotopic (exact) mass is 415 g/mol. The van der Waals surface area contributed by atoms with E-state index in [1.54, 1.807) is 12.4 Å². The Kier molecular flexibility index (Phi) is 4.58. The number of likely N-dealkylation sites (tertiary alicyclic amines) is 1. The number of aromatic nitrogens is 4. The van der Waals surface area contributed by atoms with E-state index in [0.29, 0.717) is 11.8 Å². The summed E-state index contributed by atoms with van der Waals surface area (Å²) in [5, 5.41) is 15.2. The Hall–Kier alpha value is -3.03. The van der Waals surface area contributed by atoms with E-state index in [-0.39, 0.29) is 12.1 Å². The highest BCUT2D eigenvalue weighted by Gasteiger charge is 2.42. The lowest BCUT2D eigenvalue weighted by Crippen LogP contribution is -2.36. The second-order valence-electron chi connectivity index (χ2n) is 8.88. The van der Waals surface area contributed by atoms with Crippen molar-refractivity contribution in [3.63, 3.8) is 0 Å². The van der Waals surface area contributed by atoms with Gasteiger partial charge < -0.3 is 14.2 Å². The van der Waals surface area contributed by atoms with Gasteiger partial charge in [0.1, 0.15) is 5.69 Å². The predicted octanol–water partition coefficient (Wildman–Crippen LogP) is 3.53. The van der Waals surface area contributed by atoms with E-state index in [1.165, 1.54) is 0 Å². The molecule has 0 spiro atoms. The number of imidazole rings is 1. The first-order valence-electron chi connectivity index (χ1n) is 10.9. The van der Waals surface area contributed by atoms with Crippen LogP contribution in [0.2, 0.25) is 0 Å². The van der Waals surface area contributed by atoms with Gasteiger partial charge in [0, 0.05) is 37.1 Å². The van der Waals surface area contributed by atoms with Gasteiger partial charge in [0.25, 0.3) is 0 Å². The minimum Gasteiger partial charge on any atom is -0.391 e. The SMILES string of the molecule is O[C@@H]1C[C@H]2CN(Cc3cc(-c4cccnc4)no3)C[C@H]2C[C@H]1n1cnc2ccccc21. The number of fused-ring (bicyclic) bond motifs is 2. The molecule has 31 heavy (non-hydrogen) atoms. The molecule has 4 atom stereocenters. The molecule has 2 fully saturated rings. The maximum Gasteiger partial charge on any atom is 0.151 e. The molecule has 1 aromatic carbocycles. The van der Waals surface area contributed by atoms with Crippen molar-refractivity contribution in [1.29, 1.82) is 0 Å². The van der Waals surface area contributed by atoms with Crippen molar-refractivity contribution >= 4 is 11.0 Å². The van der Waals surface area contributed by atoms with Crippen molar-refractivity contribution in [2.75, 3.05) is 13.1 Å². The maximum absolute atomic E-state index is 11.0. The van der Waals surface area contributed by atoms with Crippen molar-refractivity contribution in [1.82, 2.24) is 24.6 Å². The van der Waals surface area contributed by atoms with Gasteiger partial charge in [-0.2, -0.15) is 0 Å². The Morgan fingerprint density at radius 1 is 1.06 bits per heavy atom. The molecule has 1 N–H and O–H groups in total. The van der Waals surface area contributed by atoms with E-state index >= 15 is 0 Å². The quantitative estimate of drug-likeness (QED) is 0.549. The van der Waals surface area contributed by atoms with Crippen molar-refractivity contribution in [2.45, 2.75) is 31.5 Å². The highest BCUT2D eigenvalue weighted by Crippen LogP contribution is 2.42. The molecule has 0 amide bonds. The largest absolute Gasteiger partial charge is 0.391 e. The number of aliphatic hydroxyl groups excluding tert-OH is 1. The van der Waals surface area contributed by atoms with Crippen LogP contribution in [0, 0.1) is 11.8 Å². The van der Waals surface area contributed by atoms with Gasteiger partial charge in [-0.25, -0.2) is 4.98 Å². The summed E-state index contributed by atoms with van der Waals surface area (Å²) in [6.45, 7) is 2.75. The van der Waals surface area contributed by atoms with Crippen LogP contribution >= 0.6 is 0 Å². The van der Waals surface area contributed by atoms with E-state index in [1.807, 2.05) is 42.7 Å². The second kappa shape index (κ2) is 7.59. The Labute approximate surface area is 180 Å². The number of aliphatic hydroxyl groups is 1. The van der Waals surface area contributed by atoms with Gasteiger partial charge in [-0.1, -0.05) is 17.3 Å². The van der Waals surface area contributed by atoms with E-state index in [9.17, 15) is 5.11 Å². The van der Waals surface area contributed by atoms with Crippen LogP contribution in [-0.4, -0.2) is 48.9 Å². The van der Waals surface area contributed by atoms with Gasteiger partial charge in [-0.15, -0.1) is 0 Å². The maximum atomic E-state index is 11.0. The summed E-state index contributed by atoms with van der Waals surface area (Å²) in [5.74, 6) is 1.95. The molecule has 1 saturated heterocycles. The average Bonchev–Trinajstić information content (AvgIpc) is 3.52. The lowest BCUT2D eigenvalue weighted by molar-refractivity contribution is 0.0374. The van der Waals surface area contributed by atoms with Gasteiger partial charge in [0.2, 0.25) is 0 Å². The van der Waals surface area contributed by atoms with Gasteiger partial charge in [-0.05, 0) is 48.9 Å². The van der Waals surface area contributed by atoms with Crippen LogP contribution in [-0.2, 0) is 6.54 Å². The fraction of sp³-hybridized carbons (Fsp3) is 0.375. The number of para-hydroxylation sites is 2. The van der Waals surface area contributed by atoms with Crippen LogP contribution in [0.3, 0.4) is 0 Å². The molecule has 158 valence electrons. The molecule has 4 heterocycles. The first-order chi connectivity index (χ1) is 15.2. The normalized spacial score (nSPS) is 26.4. The number of rotatable bonds is 4. The fourth-order valence-corrected chi connectivity index (χ4v) is 5.43. The average molecular weight is 415 g/mol. The molecule has 4 aromatic rings. The zero-order valence-corrected chi connectivity index (χ0v) is 17.2. The lowest BCUT2D eigenvalue weighted by Gasteiger charge is -2.36. The smallest absolute Gasteiger partial charge is 0.151 e. The van der Waals surface area contributed by atoms with E-state index in [0.717, 1.165) is 60.5 Å². The Balaban J connectivity index is 1.16. The molecule has 1 aliphatic carbocycles. The molecular weight excluding hydrogens is 390 g/mol. The Bertz CT molecular complexity index is 1190. The van der Waals surface area contributed by atoms with Crippen molar-refractivity contribution in [3.05, 3.63) is 66.9 Å². The van der Waals surface area contributed by atoms with E-state index < -0.39 is 0 Å². The lowest BCUT2D eigenvalue weighted by atomic mass is 9.77. The molecule has 7 heteroatoms. The molecule has 3 aromatic heterocycles. The molecule has 0 bridgehead atoms. The summed E-state index contributed by atoms with van der Waals surface area (Å²) in [7, 11) is 0. The van der Waals surface area contributed by atoms with Crippen LogP contribution in [0.1, 0.15) is 24.6 Å². The number of hydrogen-bond acceptors (Lipinski definition) is 6. The number of pyridine rings is 1. The summed E-state index contributed by atoms with van der Waals surface area (Å²) in [4.78, 5) is 11.1. The van der Waals surface area contributed by atoms with Crippen LogP contribution in [0.5, 0.6) is 0 Å². The van der Waals surface area contributed by atoms with Gasteiger partial charge >= 0.3 is 0 Å². The van der Waals surface area contributed by atoms with Crippen LogP contribution in [0.4, 0.5) is 0 Å². The van der Waals surface area contributed by atoms with Crippen molar-refractivity contribution < 1.29 is 9.63 Å². The third-order valence-corrected chi connectivity index (χ3v) is 6.92. The van der Waals surface area contributed by atoms with Crippen molar-refractivity contribution in [3.8, 4) is 11.3 Å². The van der Waals surface area contributed by atoms with E-state index in [4.69, 9.17) is 4.52 Å². The van der Waals surface area contributed by atoms with Crippen LogP contribution in [0.25, 0.3) is 22.3 Å². The highest BCUT2D eigenvalue weighted by molar-refractivity contribution is 5.75. The van der Waals surface area contributed by atoms with Crippen LogP contribution < -0.4 is 0 Å². The zero-order chi connectivity index (χ0) is 20.8. The molecule has 0 unspecified atom stereocenters. The van der Waals surface area contributed by atoms with E-state index in [2.05, 4.69) is 30.7 Å². The van der Waals surface area contributed by atoms with Gasteiger partial charge in [0.05, 0.1) is 36.1 Å². The third kappa shape index (κ3) is 3.43. The Morgan fingerprint density at radius 2 is 1.94 bits per heavy atom. The highest BCUT2D eigenvalue weighted by atomic mass is 16.5. The standard InChI is InChI=1S/C24H25N5O2/c30-24-9-18-13-28(14-19-10-21(27-31-19)16-4-3-7-25-11-16)12-17(18)8-23(24)29-15-26-20-5-1-2-6-22(20)29/h1-7,10-11,15,17-18,23-24,30H,8-9,12-14H2/t17-,18+,23-,24-/m1/s1. The number of nitrogens with zero attached hydrogens (tertiary/aromatic N) is 5. The molecular formula is C24H25N5O2. The Morgan fingerprint density at radius 3 is 2.81 bits per heavy atom. The summed E-state index contributed by atoms with van der Waals surface area (Å²) in [6.07, 6.45) is 6.90. The predicted molar refractivity (Wildman–Crippen MR) is 116 cm³/mol. The first kappa shape index (κ1) is 18.7. The third-order valence-electron chi connectivity index (χ3n) is 6.92. The molecule has 1 saturated carbocycles. The number of benzene rings is 1. The fourth-order valence-electron chi connectivity index (χ4n) is 5.43.